The fourth-order valence-electron chi connectivity index (χ4n) is 10.6. The van der Waals surface area contributed by atoms with Gasteiger partial charge in [-0.25, -0.2) is 4.98 Å². The van der Waals surface area contributed by atoms with Gasteiger partial charge in [0.1, 0.15) is 5.65 Å². The first-order chi connectivity index (χ1) is 31.6. The third kappa shape index (κ3) is 5.62. The number of hydrogen-bond donors (Lipinski definition) is 0. The molecule has 0 atom stereocenters. The van der Waals surface area contributed by atoms with Crippen molar-refractivity contribution in [1.29, 1.82) is 0 Å². The summed E-state index contributed by atoms with van der Waals surface area (Å²) in [5.41, 5.74) is 15.4. The summed E-state index contributed by atoms with van der Waals surface area (Å²) in [5.74, 6) is 1.16. The molecule has 0 aliphatic carbocycles. The van der Waals surface area contributed by atoms with Crippen molar-refractivity contribution in [3.8, 4) is 39.7 Å². The molecule has 1 aliphatic rings. The van der Waals surface area contributed by atoms with Crippen molar-refractivity contribution < 1.29 is 25.8 Å². The molecule has 0 saturated carbocycles. The Labute approximate surface area is 390 Å². The Morgan fingerprint density at radius 3 is 1.89 bits per heavy atom. The van der Waals surface area contributed by atoms with Crippen LogP contribution in [0.15, 0.2) is 194 Å². The minimum Gasteiger partial charge on any atom is -0.503 e. The molecule has 0 bridgehead atoms. The number of imidazole rings is 1. The molecule has 310 valence electrons. The van der Waals surface area contributed by atoms with Crippen LogP contribution in [-0.4, -0.2) is 18.9 Å². The first-order valence-corrected chi connectivity index (χ1v) is 21.8. The molecule has 0 fully saturated rings. The molecule has 1 aliphatic heterocycles. The molecule has 0 amide bonds. The molecule has 65 heavy (non-hydrogen) atoms. The summed E-state index contributed by atoms with van der Waals surface area (Å²) in [4.78, 5) is 10.6. The average Bonchev–Trinajstić information content (AvgIpc) is 3.91. The number of ether oxygens (including phenoxy) is 1. The second-order valence-electron chi connectivity index (χ2n) is 16.8. The molecule has 6 heteroatoms. The van der Waals surface area contributed by atoms with Crippen LogP contribution in [0.25, 0.3) is 77.5 Å². The number of benzene rings is 8. The van der Waals surface area contributed by atoms with E-state index >= 15 is 0 Å². The van der Waals surface area contributed by atoms with Gasteiger partial charge in [-0.15, -0.1) is 29.8 Å². The molecule has 0 N–H and O–H groups in total. The predicted molar refractivity (Wildman–Crippen MR) is 259 cm³/mol. The zero-order valence-electron chi connectivity index (χ0n) is 35.5. The van der Waals surface area contributed by atoms with Crippen LogP contribution < -0.4 is 4.74 Å². The number of fused-ring (bicyclic) bond motifs is 11. The van der Waals surface area contributed by atoms with E-state index in [-0.39, 0.29) is 21.1 Å². The molecule has 4 aromatic heterocycles. The Morgan fingerprint density at radius 1 is 0.508 bits per heavy atom. The molecule has 13 rings (SSSR count). The van der Waals surface area contributed by atoms with Gasteiger partial charge in [0.2, 0.25) is 0 Å². The number of aryl methyl sites for hydroxylation is 2. The van der Waals surface area contributed by atoms with E-state index in [1.54, 1.807) is 0 Å². The summed E-state index contributed by atoms with van der Waals surface area (Å²) in [7, 11) is 0. The molecule has 8 aromatic carbocycles. The first kappa shape index (κ1) is 39.0. The molecule has 12 aromatic rings. The van der Waals surface area contributed by atoms with Crippen molar-refractivity contribution in [3.05, 3.63) is 240 Å². The Morgan fingerprint density at radius 2 is 1.14 bits per heavy atom. The van der Waals surface area contributed by atoms with E-state index in [2.05, 4.69) is 211 Å². The second kappa shape index (κ2) is 15.0. The maximum Gasteiger partial charge on any atom is 2.00 e. The van der Waals surface area contributed by atoms with E-state index < -0.39 is 5.41 Å². The number of aromatic nitrogens is 4. The summed E-state index contributed by atoms with van der Waals surface area (Å²) < 4.78 is 11.5. The Balaban J connectivity index is 0.00000444. The van der Waals surface area contributed by atoms with Crippen LogP contribution in [0.2, 0.25) is 0 Å². The monoisotopic (exact) mass is 1010 g/mol. The second-order valence-corrected chi connectivity index (χ2v) is 16.8. The van der Waals surface area contributed by atoms with Gasteiger partial charge >= 0.3 is 21.1 Å². The first-order valence-electron chi connectivity index (χ1n) is 21.8. The third-order valence-corrected chi connectivity index (χ3v) is 13.4. The van der Waals surface area contributed by atoms with Crippen LogP contribution >= 0.6 is 0 Å². The van der Waals surface area contributed by atoms with Crippen LogP contribution in [0.3, 0.4) is 0 Å². The Hall–Kier alpha value is -7.59. The quantitative estimate of drug-likeness (QED) is 0.123. The zero-order valence-corrected chi connectivity index (χ0v) is 37.8. The maximum absolute atomic E-state index is 6.93. The summed E-state index contributed by atoms with van der Waals surface area (Å²) in [6, 6.07) is 74.3. The summed E-state index contributed by atoms with van der Waals surface area (Å²) in [6.45, 7) is 4.33. The van der Waals surface area contributed by atoms with Crippen molar-refractivity contribution in [2.75, 3.05) is 0 Å². The van der Waals surface area contributed by atoms with Gasteiger partial charge in [-0.3, -0.25) is 4.98 Å². The largest absolute Gasteiger partial charge is 2.00 e. The van der Waals surface area contributed by atoms with E-state index in [9.17, 15) is 0 Å². The predicted octanol–water partition coefficient (Wildman–Crippen LogP) is 14.2. The molecular weight excluding hydrogens is 976 g/mol. The smallest absolute Gasteiger partial charge is 0.503 e. The topological polar surface area (TPSA) is 44.4 Å². The van der Waals surface area contributed by atoms with Crippen molar-refractivity contribution >= 4 is 49.3 Å². The summed E-state index contributed by atoms with van der Waals surface area (Å²) >= 11 is 0. The van der Waals surface area contributed by atoms with Crippen molar-refractivity contribution in [1.82, 2.24) is 18.9 Å². The van der Waals surface area contributed by atoms with Crippen LogP contribution in [-0.2, 0) is 26.5 Å². The van der Waals surface area contributed by atoms with E-state index in [1.807, 2.05) is 18.3 Å². The normalized spacial score (nSPS) is 12.8. The number of rotatable bonds is 6. The van der Waals surface area contributed by atoms with Gasteiger partial charge in [0.15, 0.2) is 0 Å². The zero-order chi connectivity index (χ0) is 42.5. The third-order valence-electron chi connectivity index (χ3n) is 13.4. The van der Waals surface area contributed by atoms with Crippen LogP contribution in [0.1, 0.15) is 33.4 Å². The van der Waals surface area contributed by atoms with E-state index in [0.717, 1.165) is 83.0 Å². The molecule has 0 saturated heterocycles. The Kier molecular flexibility index (Phi) is 9.01. The van der Waals surface area contributed by atoms with Crippen LogP contribution in [0.5, 0.6) is 11.5 Å². The van der Waals surface area contributed by atoms with Gasteiger partial charge in [0, 0.05) is 50.5 Å². The van der Waals surface area contributed by atoms with Crippen LogP contribution in [0.4, 0.5) is 0 Å². The summed E-state index contributed by atoms with van der Waals surface area (Å²) in [5, 5.41) is 5.30. The SMILES string of the molecule is Cc1ccccc1-c1nc2c3[c-]c(Oc4[c-]c5c(cc4)C(c4ccccc4)(c4ccccc4)c4cccc6c7cccnc7n-5c46)ccc3c3ccccc3n2c1-c1ccccc1C.[Pt+2]. The van der Waals surface area contributed by atoms with Crippen molar-refractivity contribution in [3.63, 3.8) is 0 Å². The van der Waals surface area contributed by atoms with Gasteiger partial charge in [0.05, 0.1) is 22.6 Å². The van der Waals surface area contributed by atoms with E-state index in [0.29, 0.717) is 11.5 Å². The Bertz CT molecular complexity index is 3810. The van der Waals surface area contributed by atoms with Crippen LogP contribution in [0, 0.1) is 26.0 Å². The molecule has 5 heterocycles. The van der Waals surface area contributed by atoms with Gasteiger partial charge in [-0.1, -0.05) is 168 Å². The minimum atomic E-state index is -0.650. The van der Waals surface area contributed by atoms with Gasteiger partial charge < -0.3 is 13.7 Å². The number of para-hydroxylation sites is 2. The standard InChI is InChI=1S/C59H38N4O.Pt/c1-37-17-9-11-23-43(37)54-56(44-24-12-10-18-38(44)2)62-52-29-14-13-25-46(52)45-32-30-41(35-49(45)58(62)61-54)64-42-31-33-50-53(36-42)63-55-47(48-27-16-34-60-57(48)63)26-15-28-51(55)59(50,39-19-5-3-6-20-39)40-21-7-4-8-22-40;/h3-34H,1-2H3;/q-2;+2. The molecule has 0 radical (unpaired) electrons. The van der Waals surface area contributed by atoms with Gasteiger partial charge in [0.25, 0.3) is 0 Å². The van der Waals surface area contributed by atoms with Crippen molar-refractivity contribution in [2.45, 2.75) is 19.3 Å². The van der Waals surface area contributed by atoms with Gasteiger partial charge in [-0.2, -0.15) is 6.07 Å². The fraction of sp³-hybridized carbons (Fsp3) is 0.0508. The van der Waals surface area contributed by atoms with E-state index in [1.165, 1.54) is 27.8 Å². The number of pyridine rings is 2. The molecular formula is C59H38N4OPt. The maximum atomic E-state index is 6.93. The summed E-state index contributed by atoms with van der Waals surface area (Å²) in [6.07, 6.45) is 1.87. The molecule has 5 nitrogen and oxygen atoms in total. The van der Waals surface area contributed by atoms with Crippen molar-refractivity contribution in [2.24, 2.45) is 0 Å². The fourth-order valence-corrected chi connectivity index (χ4v) is 10.6. The number of nitrogens with zero attached hydrogens (tertiary/aromatic N) is 4. The number of hydrogen-bond acceptors (Lipinski definition) is 3. The minimum absolute atomic E-state index is 0. The average molecular weight is 1010 g/mol. The van der Waals surface area contributed by atoms with Gasteiger partial charge in [-0.05, 0) is 65.3 Å². The molecule has 0 spiro atoms. The molecule has 0 unspecified atom stereocenters. The van der Waals surface area contributed by atoms with E-state index in [4.69, 9.17) is 14.7 Å².